The lowest BCUT2D eigenvalue weighted by atomic mass is 10.2. The van der Waals surface area contributed by atoms with E-state index in [0.717, 1.165) is 16.0 Å². The Morgan fingerprint density at radius 1 is 1.17 bits per heavy atom. The van der Waals surface area contributed by atoms with E-state index in [2.05, 4.69) is 15.3 Å². The van der Waals surface area contributed by atoms with Gasteiger partial charge < -0.3 is 15.5 Å². The number of aromatic nitrogens is 2. The molecular formula is C20H16N4O3S2. The highest BCUT2D eigenvalue weighted by Gasteiger charge is 2.19. The molecule has 0 saturated heterocycles. The molecule has 0 saturated carbocycles. The highest BCUT2D eigenvalue weighted by molar-refractivity contribution is 7.18. The summed E-state index contributed by atoms with van der Waals surface area (Å²) < 4.78 is 5.39. The van der Waals surface area contributed by atoms with Gasteiger partial charge >= 0.3 is 0 Å². The van der Waals surface area contributed by atoms with Gasteiger partial charge in [0.25, 0.3) is 11.8 Å². The molecule has 0 aliphatic carbocycles. The maximum Gasteiger partial charge on any atom is 0.271 e. The van der Waals surface area contributed by atoms with Gasteiger partial charge in [0.05, 0.1) is 12.8 Å². The van der Waals surface area contributed by atoms with Crippen molar-refractivity contribution in [1.29, 1.82) is 0 Å². The van der Waals surface area contributed by atoms with E-state index < -0.39 is 5.91 Å². The van der Waals surface area contributed by atoms with Crippen molar-refractivity contribution in [2.24, 2.45) is 5.73 Å². The molecule has 0 radical (unpaired) electrons. The van der Waals surface area contributed by atoms with E-state index in [9.17, 15) is 9.59 Å². The number of carbonyl (C=O) groups is 2. The van der Waals surface area contributed by atoms with Crippen LogP contribution in [-0.4, -0.2) is 28.9 Å². The zero-order valence-corrected chi connectivity index (χ0v) is 16.9. The number of nitrogens with two attached hydrogens (primary N) is 1. The van der Waals surface area contributed by atoms with Crippen LogP contribution < -0.4 is 15.8 Å². The lowest BCUT2D eigenvalue weighted by Crippen LogP contribution is -2.11. The van der Waals surface area contributed by atoms with Crippen LogP contribution in [0, 0.1) is 0 Å². The Hall–Kier alpha value is -3.43. The SMILES string of the molecule is COc1cc(-c2ccccc2)sc1C(=O)Nc1nc(-c2c[nH]c(C(N)=O)c2)cs1. The van der Waals surface area contributed by atoms with Gasteiger partial charge in [0.1, 0.15) is 16.3 Å². The molecule has 0 bridgehead atoms. The number of benzene rings is 1. The smallest absolute Gasteiger partial charge is 0.271 e. The fourth-order valence-electron chi connectivity index (χ4n) is 2.73. The molecule has 4 N–H and O–H groups in total. The Labute approximate surface area is 174 Å². The highest BCUT2D eigenvalue weighted by atomic mass is 32.1. The third kappa shape index (κ3) is 3.91. The average molecular weight is 425 g/mol. The second kappa shape index (κ2) is 7.90. The summed E-state index contributed by atoms with van der Waals surface area (Å²) in [6, 6.07) is 13.3. The Bertz CT molecular complexity index is 1180. The first kappa shape index (κ1) is 18.9. The minimum Gasteiger partial charge on any atom is -0.495 e. The number of thiazole rings is 1. The first-order chi connectivity index (χ1) is 14.0. The van der Waals surface area contributed by atoms with E-state index >= 15 is 0 Å². The van der Waals surface area contributed by atoms with Gasteiger partial charge in [-0.25, -0.2) is 4.98 Å². The second-order valence-corrected chi connectivity index (χ2v) is 7.94. The molecule has 1 aromatic carbocycles. The fourth-order valence-corrected chi connectivity index (χ4v) is 4.47. The normalized spacial score (nSPS) is 10.7. The molecule has 4 aromatic rings. The number of thiophene rings is 1. The van der Waals surface area contributed by atoms with Crippen LogP contribution in [0.25, 0.3) is 21.7 Å². The van der Waals surface area contributed by atoms with Crippen molar-refractivity contribution in [1.82, 2.24) is 9.97 Å². The number of nitrogens with one attached hydrogen (secondary N) is 2. The minimum atomic E-state index is -0.543. The van der Waals surface area contributed by atoms with Crippen LogP contribution in [0.5, 0.6) is 5.75 Å². The van der Waals surface area contributed by atoms with Crippen molar-refractivity contribution in [2.45, 2.75) is 0 Å². The molecule has 0 aliphatic rings. The van der Waals surface area contributed by atoms with Crippen LogP contribution in [0.1, 0.15) is 20.2 Å². The summed E-state index contributed by atoms with van der Waals surface area (Å²) in [6.07, 6.45) is 1.65. The van der Waals surface area contributed by atoms with E-state index in [-0.39, 0.29) is 5.91 Å². The molecule has 3 aromatic heterocycles. The molecule has 29 heavy (non-hydrogen) atoms. The molecule has 0 unspecified atom stereocenters. The predicted molar refractivity (Wildman–Crippen MR) is 115 cm³/mol. The predicted octanol–water partition coefficient (Wildman–Crippen LogP) is 4.23. The van der Waals surface area contributed by atoms with Crippen molar-refractivity contribution in [3.63, 3.8) is 0 Å². The molecule has 0 spiro atoms. The van der Waals surface area contributed by atoms with Crippen LogP contribution in [-0.2, 0) is 0 Å². The van der Waals surface area contributed by atoms with Gasteiger partial charge in [-0.3, -0.25) is 14.9 Å². The topological polar surface area (TPSA) is 110 Å². The van der Waals surface area contributed by atoms with E-state index in [4.69, 9.17) is 10.5 Å². The van der Waals surface area contributed by atoms with Gasteiger partial charge in [-0.05, 0) is 17.7 Å². The first-order valence-corrected chi connectivity index (χ1v) is 10.2. The highest BCUT2D eigenvalue weighted by Crippen LogP contribution is 2.37. The number of amides is 2. The quantitative estimate of drug-likeness (QED) is 0.430. The summed E-state index contributed by atoms with van der Waals surface area (Å²) in [5, 5.41) is 5.06. The van der Waals surface area contributed by atoms with Gasteiger partial charge in [-0.15, -0.1) is 22.7 Å². The van der Waals surface area contributed by atoms with Crippen LogP contribution >= 0.6 is 22.7 Å². The number of methoxy groups -OCH3 is 1. The lowest BCUT2D eigenvalue weighted by Gasteiger charge is -2.02. The van der Waals surface area contributed by atoms with Crippen LogP contribution in [0.3, 0.4) is 0 Å². The number of nitrogens with zero attached hydrogens (tertiary/aromatic N) is 1. The Balaban J connectivity index is 1.55. The number of H-pyrrole nitrogens is 1. The van der Waals surface area contributed by atoms with Gasteiger partial charge in [-0.1, -0.05) is 30.3 Å². The number of aromatic amines is 1. The van der Waals surface area contributed by atoms with Crippen molar-refractivity contribution in [3.8, 4) is 27.4 Å². The number of anilines is 1. The van der Waals surface area contributed by atoms with E-state index in [1.165, 1.54) is 29.8 Å². The van der Waals surface area contributed by atoms with Crippen LogP contribution in [0.4, 0.5) is 5.13 Å². The first-order valence-electron chi connectivity index (χ1n) is 8.54. The third-order valence-electron chi connectivity index (χ3n) is 4.15. The number of ether oxygens (including phenoxy) is 1. The molecule has 0 atom stereocenters. The van der Waals surface area contributed by atoms with Gasteiger partial charge in [0.15, 0.2) is 5.13 Å². The number of hydrogen-bond acceptors (Lipinski definition) is 6. The summed E-state index contributed by atoms with van der Waals surface area (Å²) in [5.41, 5.74) is 7.93. The summed E-state index contributed by atoms with van der Waals surface area (Å²) in [7, 11) is 1.54. The zero-order valence-electron chi connectivity index (χ0n) is 15.3. The average Bonchev–Trinajstić information content (AvgIpc) is 3.47. The molecule has 0 aliphatic heterocycles. The molecule has 3 heterocycles. The zero-order chi connectivity index (χ0) is 20.4. The number of primary amides is 1. The Kier molecular flexibility index (Phi) is 5.15. The maximum atomic E-state index is 12.8. The van der Waals surface area contributed by atoms with E-state index in [1.54, 1.807) is 17.6 Å². The van der Waals surface area contributed by atoms with Gasteiger partial charge in [-0.2, -0.15) is 0 Å². The molecule has 0 fully saturated rings. The molecule has 146 valence electrons. The summed E-state index contributed by atoms with van der Waals surface area (Å²) >= 11 is 2.65. The number of hydrogen-bond donors (Lipinski definition) is 3. The Morgan fingerprint density at radius 2 is 1.97 bits per heavy atom. The van der Waals surface area contributed by atoms with E-state index in [0.29, 0.717) is 27.1 Å². The molecular weight excluding hydrogens is 408 g/mol. The maximum absolute atomic E-state index is 12.8. The lowest BCUT2D eigenvalue weighted by molar-refractivity contribution is 0.0994. The van der Waals surface area contributed by atoms with Crippen molar-refractivity contribution < 1.29 is 14.3 Å². The van der Waals surface area contributed by atoms with E-state index in [1.807, 2.05) is 36.4 Å². The fraction of sp³-hybridized carbons (Fsp3) is 0.0500. The van der Waals surface area contributed by atoms with Crippen LogP contribution in [0.2, 0.25) is 0 Å². The van der Waals surface area contributed by atoms with Crippen molar-refractivity contribution in [2.75, 3.05) is 12.4 Å². The van der Waals surface area contributed by atoms with Crippen LogP contribution in [0.15, 0.2) is 54.0 Å². The van der Waals surface area contributed by atoms with Crippen molar-refractivity contribution >= 4 is 39.6 Å². The van der Waals surface area contributed by atoms with Crippen molar-refractivity contribution in [3.05, 3.63) is 64.6 Å². The molecule has 7 nitrogen and oxygen atoms in total. The Morgan fingerprint density at radius 3 is 2.66 bits per heavy atom. The minimum absolute atomic E-state index is 0.290. The molecule has 2 amide bonds. The number of carbonyl (C=O) groups excluding carboxylic acids is 2. The molecule has 9 heteroatoms. The van der Waals surface area contributed by atoms with Gasteiger partial charge in [0, 0.05) is 22.0 Å². The number of rotatable bonds is 6. The summed E-state index contributed by atoms with van der Waals surface area (Å²) in [4.78, 5) is 32.7. The summed E-state index contributed by atoms with van der Waals surface area (Å²) in [5.74, 6) is -0.319. The third-order valence-corrected chi connectivity index (χ3v) is 6.07. The summed E-state index contributed by atoms with van der Waals surface area (Å²) in [6.45, 7) is 0. The second-order valence-electron chi connectivity index (χ2n) is 6.03. The standard InChI is InChI=1S/C20H16N4O3S2/c1-27-15-8-16(11-5-3-2-4-6-11)29-17(15)19(26)24-20-23-14(10-28-20)12-7-13(18(21)25)22-9-12/h2-10,22H,1H3,(H2,21,25)(H,23,24,26). The van der Waals surface area contributed by atoms with Gasteiger partial charge in [0.2, 0.25) is 0 Å². The monoisotopic (exact) mass is 424 g/mol. The largest absolute Gasteiger partial charge is 0.495 e. The molecule has 4 rings (SSSR count).